The van der Waals surface area contributed by atoms with Gasteiger partial charge in [0.1, 0.15) is 0 Å². The highest BCUT2D eigenvalue weighted by atomic mass is 16.2. The van der Waals surface area contributed by atoms with Crippen LogP contribution in [0.4, 0.5) is 4.79 Å². The summed E-state index contributed by atoms with van der Waals surface area (Å²) in [5.41, 5.74) is 2.11. The van der Waals surface area contributed by atoms with Crippen molar-refractivity contribution in [3.05, 3.63) is 48.3 Å². The summed E-state index contributed by atoms with van der Waals surface area (Å²) >= 11 is 0. The molecule has 1 aromatic heterocycles. The van der Waals surface area contributed by atoms with Crippen molar-refractivity contribution in [2.45, 2.75) is 19.4 Å². The Morgan fingerprint density at radius 3 is 2.60 bits per heavy atom. The monoisotopic (exact) mass is 270 g/mol. The van der Waals surface area contributed by atoms with Gasteiger partial charge in [-0.25, -0.2) is 9.48 Å². The third kappa shape index (κ3) is 2.82. The predicted molar refractivity (Wildman–Crippen MR) is 76.6 cm³/mol. The Hall–Kier alpha value is -2.30. The van der Waals surface area contributed by atoms with Crippen molar-refractivity contribution in [2.24, 2.45) is 0 Å². The molecule has 1 N–H and O–H groups in total. The van der Waals surface area contributed by atoms with Gasteiger partial charge in [0.25, 0.3) is 0 Å². The second-order valence-electron chi connectivity index (χ2n) is 4.97. The number of urea groups is 1. The van der Waals surface area contributed by atoms with Gasteiger partial charge < -0.3 is 10.2 Å². The van der Waals surface area contributed by atoms with Crippen LogP contribution in [-0.2, 0) is 6.54 Å². The molecule has 1 aliphatic rings. The van der Waals surface area contributed by atoms with E-state index in [1.807, 2.05) is 46.1 Å². The van der Waals surface area contributed by atoms with Crippen molar-refractivity contribution in [2.75, 3.05) is 13.1 Å². The maximum Gasteiger partial charge on any atom is 0.317 e. The van der Waals surface area contributed by atoms with Gasteiger partial charge in [0, 0.05) is 32.0 Å². The number of benzene rings is 1. The van der Waals surface area contributed by atoms with Gasteiger partial charge in [-0.05, 0) is 36.6 Å². The molecule has 0 bridgehead atoms. The zero-order valence-electron chi connectivity index (χ0n) is 11.3. The number of nitrogens with one attached hydrogen (secondary N) is 1. The van der Waals surface area contributed by atoms with Gasteiger partial charge in [0.15, 0.2) is 0 Å². The number of amides is 2. The van der Waals surface area contributed by atoms with Crippen molar-refractivity contribution >= 4 is 6.03 Å². The smallest absolute Gasteiger partial charge is 0.317 e. The molecule has 20 heavy (non-hydrogen) atoms. The quantitative estimate of drug-likeness (QED) is 0.929. The van der Waals surface area contributed by atoms with E-state index in [1.54, 1.807) is 6.20 Å². The van der Waals surface area contributed by atoms with Gasteiger partial charge in [-0.1, -0.05) is 12.1 Å². The number of aromatic nitrogens is 2. The minimum atomic E-state index is 0.0404. The highest BCUT2D eigenvalue weighted by molar-refractivity contribution is 5.74. The second-order valence-corrected chi connectivity index (χ2v) is 4.97. The summed E-state index contributed by atoms with van der Waals surface area (Å²) in [5, 5.41) is 7.14. The van der Waals surface area contributed by atoms with E-state index < -0.39 is 0 Å². The third-order valence-electron chi connectivity index (χ3n) is 3.54. The van der Waals surface area contributed by atoms with Crippen LogP contribution in [-0.4, -0.2) is 33.8 Å². The normalized spacial score (nSPS) is 14.5. The Kier molecular flexibility index (Phi) is 3.67. The molecule has 2 heterocycles. The van der Waals surface area contributed by atoms with Crippen molar-refractivity contribution in [1.82, 2.24) is 20.0 Å². The average molecular weight is 270 g/mol. The highest BCUT2D eigenvalue weighted by Gasteiger charge is 2.16. The van der Waals surface area contributed by atoms with Crippen molar-refractivity contribution in [3.8, 4) is 5.69 Å². The molecule has 0 saturated carbocycles. The van der Waals surface area contributed by atoms with Gasteiger partial charge in [0.2, 0.25) is 0 Å². The van der Waals surface area contributed by atoms with Crippen LogP contribution >= 0.6 is 0 Å². The fraction of sp³-hybridized carbons (Fsp3) is 0.333. The van der Waals surface area contributed by atoms with E-state index in [9.17, 15) is 4.79 Å². The van der Waals surface area contributed by atoms with E-state index in [-0.39, 0.29) is 6.03 Å². The number of carbonyl (C=O) groups excluding carboxylic acids is 1. The lowest BCUT2D eigenvalue weighted by atomic mass is 10.2. The van der Waals surface area contributed by atoms with Gasteiger partial charge in [-0.2, -0.15) is 5.10 Å². The first kappa shape index (κ1) is 12.7. The van der Waals surface area contributed by atoms with E-state index >= 15 is 0 Å². The SMILES string of the molecule is O=C(NCc1ccc(-n2cccn2)cc1)N1CCCC1. The molecule has 0 spiro atoms. The van der Waals surface area contributed by atoms with E-state index in [0.29, 0.717) is 6.54 Å². The molecule has 1 fully saturated rings. The van der Waals surface area contributed by atoms with Gasteiger partial charge in [-0.15, -0.1) is 0 Å². The Morgan fingerprint density at radius 1 is 1.20 bits per heavy atom. The summed E-state index contributed by atoms with van der Waals surface area (Å²) in [7, 11) is 0. The molecule has 2 aromatic rings. The minimum absolute atomic E-state index is 0.0404. The number of carbonyl (C=O) groups is 1. The first-order valence-electron chi connectivity index (χ1n) is 6.95. The molecule has 0 aliphatic carbocycles. The molecule has 0 unspecified atom stereocenters. The molecule has 0 atom stereocenters. The molecular formula is C15H18N4O. The lowest BCUT2D eigenvalue weighted by molar-refractivity contribution is 0.208. The van der Waals surface area contributed by atoms with E-state index in [4.69, 9.17) is 0 Å². The van der Waals surface area contributed by atoms with Crippen LogP contribution in [0.5, 0.6) is 0 Å². The lowest BCUT2D eigenvalue weighted by Crippen LogP contribution is -2.37. The largest absolute Gasteiger partial charge is 0.334 e. The molecule has 2 amide bonds. The number of hydrogen-bond donors (Lipinski definition) is 1. The van der Waals surface area contributed by atoms with Crippen molar-refractivity contribution in [3.63, 3.8) is 0 Å². The highest BCUT2D eigenvalue weighted by Crippen LogP contribution is 2.10. The maximum absolute atomic E-state index is 11.9. The van der Waals surface area contributed by atoms with Crippen LogP contribution in [0.15, 0.2) is 42.7 Å². The molecule has 1 aliphatic heterocycles. The first-order valence-corrected chi connectivity index (χ1v) is 6.95. The van der Waals surface area contributed by atoms with Crippen LogP contribution in [0, 0.1) is 0 Å². The molecule has 1 saturated heterocycles. The number of rotatable bonds is 3. The topological polar surface area (TPSA) is 50.2 Å². The Labute approximate surface area is 118 Å². The Bertz CT molecular complexity index is 556. The van der Waals surface area contributed by atoms with Crippen LogP contribution in [0.1, 0.15) is 18.4 Å². The molecule has 104 valence electrons. The van der Waals surface area contributed by atoms with Gasteiger partial charge in [-0.3, -0.25) is 0 Å². The molecule has 5 heteroatoms. The summed E-state index contributed by atoms with van der Waals surface area (Å²) in [6.07, 6.45) is 5.90. The zero-order chi connectivity index (χ0) is 13.8. The molecular weight excluding hydrogens is 252 g/mol. The number of likely N-dealkylation sites (tertiary alicyclic amines) is 1. The summed E-state index contributed by atoms with van der Waals surface area (Å²) in [4.78, 5) is 13.7. The predicted octanol–water partition coefficient (Wildman–Crippen LogP) is 2.18. The van der Waals surface area contributed by atoms with Crippen molar-refractivity contribution < 1.29 is 4.79 Å². The fourth-order valence-electron chi connectivity index (χ4n) is 2.40. The van der Waals surface area contributed by atoms with E-state index in [2.05, 4.69) is 10.4 Å². The maximum atomic E-state index is 11.9. The first-order chi connectivity index (χ1) is 9.83. The lowest BCUT2D eigenvalue weighted by Gasteiger charge is -2.16. The molecule has 5 nitrogen and oxygen atoms in total. The number of hydrogen-bond acceptors (Lipinski definition) is 2. The summed E-state index contributed by atoms with van der Waals surface area (Å²) in [5.74, 6) is 0. The van der Waals surface area contributed by atoms with E-state index in [1.165, 1.54) is 0 Å². The van der Waals surface area contributed by atoms with Crippen molar-refractivity contribution in [1.29, 1.82) is 0 Å². The standard InChI is InChI=1S/C15H18N4O/c20-15(18-9-1-2-10-18)16-12-13-4-6-14(7-5-13)19-11-3-8-17-19/h3-8,11H,1-2,9-10,12H2,(H,16,20). The molecule has 0 radical (unpaired) electrons. The number of nitrogens with zero attached hydrogens (tertiary/aromatic N) is 3. The Morgan fingerprint density at radius 2 is 1.95 bits per heavy atom. The van der Waals surface area contributed by atoms with Crippen LogP contribution in [0.3, 0.4) is 0 Å². The van der Waals surface area contributed by atoms with Gasteiger partial charge >= 0.3 is 6.03 Å². The summed E-state index contributed by atoms with van der Waals surface area (Å²) in [6, 6.07) is 9.97. The average Bonchev–Trinajstić information content (AvgIpc) is 3.18. The summed E-state index contributed by atoms with van der Waals surface area (Å²) < 4.78 is 1.81. The second kappa shape index (κ2) is 5.77. The zero-order valence-corrected chi connectivity index (χ0v) is 11.3. The Balaban J connectivity index is 1.57. The van der Waals surface area contributed by atoms with Gasteiger partial charge in [0.05, 0.1) is 5.69 Å². The minimum Gasteiger partial charge on any atom is -0.334 e. The van der Waals surface area contributed by atoms with Crippen LogP contribution < -0.4 is 5.32 Å². The molecule has 1 aromatic carbocycles. The van der Waals surface area contributed by atoms with Crippen LogP contribution in [0.2, 0.25) is 0 Å². The molecule has 3 rings (SSSR count). The third-order valence-corrected chi connectivity index (χ3v) is 3.54. The summed E-state index contributed by atoms with van der Waals surface area (Å²) in [6.45, 7) is 2.32. The van der Waals surface area contributed by atoms with E-state index in [0.717, 1.165) is 37.2 Å². The fourth-order valence-corrected chi connectivity index (χ4v) is 2.40. The van der Waals surface area contributed by atoms with Crippen LogP contribution in [0.25, 0.3) is 5.69 Å².